The van der Waals surface area contributed by atoms with E-state index < -0.39 is 6.04 Å². The summed E-state index contributed by atoms with van der Waals surface area (Å²) in [4.78, 5) is 17.7. The molecule has 1 aromatic carbocycles. The van der Waals surface area contributed by atoms with Gasteiger partial charge in [0.25, 0.3) is 0 Å². The summed E-state index contributed by atoms with van der Waals surface area (Å²) in [6.07, 6.45) is 5.18. The number of piperazine rings is 1. The summed E-state index contributed by atoms with van der Waals surface area (Å²) in [5.74, 6) is -0.297. The first-order valence-electron chi connectivity index (χ1n) is 8.70. The third-order valence-electron chi connectivity index (χ3n) is 4.75. The predicted molar refractivity (Wildman–Crippen MR) is 95.6 cm³/mol. The van der Waals surface area contributed by atoms with Crippen LogP contribution in [0.1, 0.15) is 36.1 Å². The lowest BCUT2D eigenvalue weighted by Gasteiger charge is -2.36. The van der Waals surface area contributed by atoms with Crippen molar-refractivity contribution in [2.75, 3.05) is 26.2 Å². The normalized spacial score (nSPS) is 19.5. The molecule has 0 radical (unpaired) electrons. The number of aromatic nitrogens is 1. The molecule has 0 amide bonds. The molecule has 132 valence electrons. The van der Waals surface area contributed by atoms with Crippen LogP contribution >= 0.6 is 0 Å². The molecule has 1 aliphatic heterocycles. The minimum Gasteiger partial charge on any atom is -0.314 e. The number of rotatable bonds is 7. The van der Waals surface area contributed by atoms with Crippen molar-refractivity contribution in [3.63, 3.8) is 0 Å². The van der Waals surface area contributed by atoms with Gasteiger partial charge in [0.05, 0.1) is 0 Å². The molecule has 2 aromatic rings. The van der Waals surface area contributed by atoms with Crippen LogP contribution in [0.25, 0.3) is 0 Å². The molecule has 0 saturated carbocycles. The number of hydrogen-bond acceptors (Lipinski definition) is 5. The Bertz CT molecular complexity index is 665. The van der Waals surface area contributed by atoms with Crippen LogP contribution in [0.3, 0.4) is 0 Å². The summed E-state index contributed by atoms with van der Waals surface area (Å²) in [7, 11) is 0. The second-order valence-electron chi connectivity index (χ2n) is 6.35. The van der Waals surface area contributed by atoms with Gasteiger partial charge in [0, 0.05) is 38.1 Å². The lowest BCUT2D eigenvalue weighted by atomic mass is 10.0. The maximum atomic E-state index is 13.0. The van der Waals surface area contributed by atoms with E-state index in [1.807, 2.05) is 12.4 Å². The molecule has 3 rings (SSSR count). The zero-order valence-electron chi connectivity index (χ0n) is 14.1. The van der Waals surface area contributed by atoms with Crippen LogP contribution in [0.4, 0.5) is 4.39 Å². The van der Waals surface area contributed by atoms with Gasteiger partial charge in [-0.3, -0.25) is 9.88 Å². The molecule has 25 heavy (non-hydrogen) atoms. The molecule has 1 N–H and O–H groups in total. The number of halogens is 1. The first-order chi connectivity index (χ1) is 12.3. The minimum absolute atomic E-state index is 0.297. The molecular formula is C19H23FN4O. The van der Waals surface area contributed by atoms with Gasteiger partial charge in [0.1, 0.15) is 11.9 Å². The van der Waals surface area contributed by atoms with E-state index in [4.69, 9.17) is 0 Å². The van der Waals surface area contributed by atoms with E-state index in [1.165, 1.54) is 17.7 Å². The van der Waals surface area contributed by atoms with Gasteiger partial charge in [-0.2, -0.15) is 4.91 Å². The molecule has 0 bridgehead atoms. The highest BCUT2D eigenvalue weighted by molar-refractivity contribution is 5.20. The third kappa shape index (κ3) is 4.67. The molecule has 2 unspecified atom stereocenters. The number of hydrogen-bond donors (Lipinski definition) is 1. The fraction of sp³-hybridized carbons (Fsp3) is 0.421. The van der Waals surface area contributed by atoms with Crippen molar-refractivity contribution in [2.45, 2.75) is 24.9 Å². The zero-order chi connectivity index (χ0) is 17.5. The summed E-state index contributed by atoms with van der Waals surface area (Å²) < 4.78 is 13.0. The standard InChI is InChI=1S/C19H23FN4O/c20-17-5-3-15(4-6-17)18(23-25)2-1-12-24-13-11-22-14-19(24)16-7-9-21-10-8-16/h3-10,18-19,22H,1-2,11-14H2. The number of nitroso groups, excluding NO2 is 1. The van der Waals surface area contributed by atoms with E-state index in [1.54, 1.807) is 12.1 Å². The summed E-state index contributed by atoms with van der Waals surface area (Å²) in [5, 5.41) is 6.67. The number of nitrogens with zero attached hydrogens (tertiary/aromatic N) is 3. The van der Waals surface area contributed by atoms with Crippen molar-refractivity contribution in [1.82, 2.24) is 15.2 Å². The quantitative estimate of drug-likeness (QED) is 0.783. The van der Waals surface area contributed by atoms with Crippen molar-refractivity contribution in [1.29, 1.82) is 0 Å². The van der Waals surface area contributed by atoms with Gasteiger partial charge in [-0.1, -0.05) is 17.3 Å². The minimum atomic E-state index is -0.414. The highest BCUT2D eigenvalue weighted by Gasteiger charge is 2.23. The topological polar surface area (TPSA) is 57.6 Å². The molecular weight excluding hydrogens is 319 g/mol. The fourth-order valence-electron chi connectivity index (χ4n) is 3.38. The molecule has 1 aliphatic rings. The van der Waals surface area contributed by atoms with Crippen molar-refractivity contribution < 1.29 is 4.39 Å². The Kier molecular flexibility index (Phi) is 6.19. The van der Waals surface area contributed by atoms with E-state index in [-0.39, 0.29) is 5.82 Å². The Morgan fingerprint density at radius 3 is 2.72 bits per heavy atom. The number of pyridine rings is 1. The van der Waals surface area contributed by atoms with Gasteiger partial charge in [0.15, 0.2) is 0 Å². The van der Waals surface area contributed by atoms with E-state index in [2.05, 4.69) is 32.5 Å². The Balaban J connectivity index is 1.57. The van der Waals surface area contributed by atoms with Gasteiger partial charge in [-0.05, 0) is 54.8 Å². The average molecular weight is 342 g/mol. The van der Waals surface area contributed by atoms with E-state index in [9.17, 15) is 9.30 Å². The van der Waals surface area contributed by atoms with E-state index in [0.29, 0.717) is 12.5 Å². The second kappa shape index (κ2) is 8.78. The summed E-state index contributed by atoms with van der Waals surface area (Å²) in [6, 6.07) is 10.1. The van der Waals surface area contributed by atoms with Crippen LogP contribution in [0.15, 0.2) is 54.0 Å². The van der Waals surface area contributed by atoms with Crippen molar-refractivity contribution in [3.8, 4) is 0 Å². The largest absolute Gasteiger partial charge is 0.314 e. The van der Waals surface area contributed by atoms with Crippen molar-refractivity contribution >= 4 is 0 Å². The number of nitrogens with one attached hydrogen (secondary N) is 1. The average Bonchev–Trinajstić information content (AvgIpc) is 2.67. The lowest BCUT2D eigenvalue weighted by molar-refractivity contribution is 0.158. The molecule has 1 saturated heterocycles. The Labute approximate surface area is 147 Å². The van der Waals surface area contributed by atoms with Crippen molar-refractivity contribution in [3.05, 3.63) is 70.6 Å². The first-order valence-corrected chi connectivity index (χ1v) is 8.70. The molecule has 2 atom stereocenters. The molecule has 6 heteroatoms. The number of benzene rings is 1. The zero-order valence-corrected chi connectivity index (χ0v) is 14.1. The van der Waals surface area contributed by atoms with E-state index >= 15 is 0 Å². The monoisotopic (exact) mass is 342 g/mol. The molecule has 5 nitrogen and oxygen atoms in total. The third-order valence-corrected chi connectivity index (χ3v) is 4.75. The smallest absolute Gasteiger partial charge is 0.123 e. The SMILES string of the molecule is O=NC(CCCN1CCNCC1c1ccncc1)c1ccc(F)cc1. The molecule has 0 aliphatic carbocycles. The van der Waals surface area contributed by atoms with Crippen LogP contribution < -0.4 is 5.32 Å². The van der Waals surface area contributed by atoms with Gasteiger partial charge in [-0.25, -0.2) is 4.39 Å². The lowest BCUT2D eigenvalue weighted by Crippen LogP contribution is -2.46. The highest BCUT2D eigenvalue weighted by Crippen LogP contribution is 2.26. The first kappa shape index (κ1) is 17.6. The molecule has 2 heterocycles. The van der Waals surface area contributed by atoms with Crippen molar-refractivity contribution in [2.24, 2.45) is 5.18 Å². The Morgan fingerprint density at radius 2 is 2.00 bits per heavy atom. The highest BCUT2D eigenvalue weighted by atomic mass is 19.1. The van der Waals surface area contributed by atoms with Crippen LogP contribution in [0, 0.1) is 10.7 Å². The van der Waals surface area contributed by atoms with E-state index in [0.717, 1.165) is 38.2 Å². The summed E-state index contributed by atoms with van der Waals surface area (Å²) in [6.45, 7) is 3.76. The summed E-state index contributed by atoms with van der Waals surface area (Å²) >= 11 is 0. The Hall–Kier alpha value is -2.18. The van der Waals surface area contributed by atoms with Gasteiger partial charge in [0.2, 0.25) is 0 Å². The fourth-order valence-corrected chi connectivity index (χ4v) is 3.38. The van der Waals surface area contributed by atoms with Gasteiger partial charge < -0.3 is 5.32 Å². The molecule has 1 aromatic heterocycles. The molecule has 0 spiro atoms. The second-order valence-corrected chi connectivity index (χ2v) is 6.35. The van der Waals surface area contributed by atoms with Crippen LogP contribution in [0.2, 0.25) is 0 Å². The van der Waals surface area contributed by atoms with Gasteiger partial charge >= 0.3 is 0 Å². The van der Waals surface area contributed by atoms with Crippen LogP contribution in [0.5, 0.6) is 0 Å². The van der Waals surface area contributed by atoms with Crippen LogP contribution in [-0.2, 0) is 0 Å². The Morgan fingerprint density at radius 1 is 1.24 bits per heavy atom. The maximum absolute atomic E-state index is 13.0. The van der Waals surface area contributed by atoms with Gasteiger partial charge in [-0.15, -0.1) is 0 Å². The van der Waals surface area contributed by atoms with Crippen LogP contribution in [-0.4, -0.2) is 36.1 Å². The molecule has 1 fully saturated rings. The maximum Gasteiger partial charge on any atom is 0.123 e. The predicted octanol–water partition coefficient (Wildman–Crippen LogP) is 3.45. The summed E-state index contributed by atoms with van der Waals surface area (Å²) in [5.41, 5.74) is 2.04.